The molecule has 1 N–H and O–H groups in total. The summed E-state index contributed by atoms with van der Waals surface area (Å²) in [6.45, 7) is 1.08. The number of ether oxygens (including phenoxy) is 2. The first-order chi connectivity index (χ1) is 10.5. The lowest BCUT2D eigenvalue weighted by molar-refractivity contribution is -0.0323. The Morgan fingerprint density at radius 1 is 1.41 bits per heavy atom. The lowest BCUT2D eigenvalue weighted by atomic mass is 9.89. The Morgan fingerprint density at radius 2 is 2.14 bits per heavy atom. The number of pyridine rings is 1. The van der Waals surface area contributed by atoms with Gasteiger partial charge >= 0.3 is 0 Å². The molecule has 122 valence electrons. The number of methoxy groups -OCH3 is 1. The summed E-state index contributed by atoms with van der Waals surface area (Å²) in [5.74, 6) is 0.275. The highest BCUT2D eigenvalue weighted by atomic mass is 32.2. The summed E-state index contributed by atoms with van der Waals surface area (Å²) >= 11 is 0. The third-order valence-corrected chi connectivity index (χ3v) is 6.14. The summed E-state index contributed by atoms with van der Waals surface area (Å²) in [4.78, 5) is 4.02. The number of aliphatic hydroxyl groups excluding tert-OH is 1. The summed E-state index contributed by atoms with van der Waals surface area (Å²) in [6.07, 6.45) is 1.32. The predicted molar refractivity (Wildman–Crippen MR) is 78.1 cm³/mol. The van der Waals surface area contributed by atoms with E-state index in [2.05, 4.69) is 4.98 Å². The van der Waals surface area contributed by atoms with Gasteiger partial charge in [0.25, 0.3) is 10.0 Å². The molecular formula is C14H20N2O5S. The van der Waals surface area contributed by atoms with Crippen LogP contribution < -0.4 is 4.74 Å². The summed E-state index contributed by atoms with van der Waals surface area (Å²) in [6, 6.07) is 4.69. The van der Waals surface area contributed by atoms with Gasteiger partial charge in [-0.2, -0.15) is 4.31 Å². The molecule has 0 aliphatic carbocycles. The molecule has 3 rings (SSSR count). The number of hydrogen-bond donors (Lipinski definition) is 1. The first-order valence-electron chi connectivity index (χ1n) is 7.28. The third kappa shape index (κ3) is 2.83. The number of nitrogens with zero attached hydrogens (tertiary/aromatic N) is 2. The van der Waals surface area contributed by atoms with Gasteiger partial charge in [-0.1, -0.05) is 6.07 Å². The Morgan fingerprint density at radius 3 is 2.73 bits per heavy atom. The molecule has 1 aromatic heterocycles. The number of piperidine rings is 1. The fourth-order valence-electron chi connectivity index (χ4n) is 3.09. The van der Waals surface area contributed by atoms with Crippen molar-refractivity contribution in [1.82, 2.24) is 9.29 Å². The normalized spacial score (nSPS) is 25.5. The maximum Gasteiger partial charge on any atom is 0.260 e. The van der Waals surface area contributed by atoms with Crippen LogP contribution in [0.1, 0.15) is 19.3 Å². The fourth-order valence-corrected chi connectivity index (χ4v) is 4.47. The van der Waals surface area contributed by atoms with E-state index in [4.69, 9.17) is 9.47 Å². The van der Waals surface area contributed by atoms with Crippen LogP contribution in [0.15, 0.2) is 23.2 Å². The van der Waals surface area contributed by atoms with Gasteiger partial charge in [-0.05, 0) is 18.9 Å². The van der Waals surface area contributed by atoms with Crippen molar-refractivity contribution in [3.63, 3.8) is 0 Å². The average molecular weight is 328 g/mol. The van der Waals surface area contributed by atoms with Gasteiger partial charge in [0.2, 0.25) is 5.88 Å². The molecule has 0 bridgehead atoms. The van der Waals surface area contributed by atoms with Crippen molar-refractivity contribution < 1.29 is 23.0 Å². The molecule has 1 aromatic rings. The van der Waals surface area contributed by atoms with E-state index < -0.39 is 16.1 Å². The summed E-state index contributed by atoms with van der Waals surface area (Å²) in [7, 11) is -2.18. The highest BCUT2D eigenvalue weighted by Gasteiger charge is 2.44. The van der Waals surface area contributed by atoms with Crippen LogP contribution in [-0.2, 0) is 14.8 Å². The van der Waals surface area contributed by atoms with Gasteiger partial charge < -0.3 is 14.6 Å². The van der Waals surface area contributed by atoms with E-state index in [1.807, 2.05) is 0 Å². The van der Waals surface area contributed by atoms with E-state index in [0.717, 1.165) is 0 Å². The van der Waals surface area contributed by atoms with Crippen LogP contribution in [0.3, 0.4) is 0 Å². The van der Waals surface area contributed by atoms with E-state index in [0.29, 0.717) is 39.0 Å². The van der Waals surface area contributed by atoms with Crippen LogP contribution in [0.2, 0.25) is 0 Å². The largest absolute Gasteiger partial charge is 0.481 e. The number of aliphatic hydroxyl groups is 1. The molecule has 1 unspecified atom stereocenters. The van der Waals surface area contributed by atoms with Crippen molar-refractivity contribution in [3.05, 3.63) is 18.2 Å². The van der Waals surface area contributed by atoms with Gasteiger partial charge in [0.05, 0.1) is 25.4 Å². The molecule has 1 atom stereocenters. The first-order valence-corrected chi connectivity index (χ1v) is 8.72. The molecule has 0 amide bonds. The van der Waals surface area contributed by atoms with E-state index in [1.165, 1.54) is 17.5 Å². The standard InChI is InChI=1S/C14H20N2O5S/c1-20-12-3-2-4-13(15-12)22(18,19)16-7-5-14(6-8-16)9-11(17)10-21-14/h2-4,11,17H,5-10H2,1H3. The minimum Gasteiger partial charge on any atom is -0.481 e. The van der Waals surface area contributed by atoms with Crippen molar-refractivity contribution in [2.45, 2.75) is 36.0 Å². The van der Waals surface area contributed by atoms with Crippen LogP contribution in [0.5, 0.6) is 5.88 Å². The summed E-state index contributed by atoms with van der Waals surface area (Å²) < 4.78 is 37.4. The van der Waals surface area contributed by atoms with Crippen molar-refractivity contribution >= 4 is 10.0 Å². The van der Waals surface area contributed by atoms with Crippen LogP contribution in [0.25, 0.3) is 0 Å². The van der Waals surface area contributed by atoms with Gasteiger partial charge in [0.15, 0.2) is 5.03 Å². The SMILES string of the molecule is COc1cccc(S(=O)(=O)N2CCC3(CC2)CC(O)CO3)n1. The Kier molecular flexibility index (Phi) is 4.11. The summed E-state index contributed by atoms with van der Waals surface area (Å²) in [5.41, 5.74) is -0.368. The van der Waals surface area contributed by atoms with Crippen LogP contribution >= 0.6 is 0 Å². The smallest absolute Gasteiger partial charge is 0.260 e. The summed E-state index contributed by atoms with van der Waals surface area (Å²) in [5, 5.41) is 9.62. The second-order valence-electron chi connectivity index (χ2n) is 5.77. The molecule has 2 fully saturated rings. The molecule has 3 heterocycles. The second-order valence-corrected chi connectivity index (χ2v) is 7.66. The number of sulfonamides is 1. The zero-order valence-corrected chi connectivity index (χ0v) is 13.3. The predicted octanol–water partition coefficient (Wildman–Crippen LogP) is 0.395. The van der Waals surface area contributed by atoms with Gasteiger partial charge in [-0.25, -0.2) is 13.4 Å². The van der Waals surface area contributed by atoms with Crippen LogP contribution in [-0.4, -0.2) is 61.3 Å². The van der Waals surface area contributed by atoms with E-state index >= 15 is 0 Å². The fraction of sp³-hybridized carbons (Fsp3) is 0.643. The molecule has 2 saturated heterocycles. The van der Waals surface area contributed by atoms with E-state index in [1.54, 1.807) is 12.1 Å². The molecule has 2 aliphatic heterocycles. The minimum atomic E-state index is -3.63. The Labute approximate surface area is 129 Å². The van der Waals surface area contributed by atoms with Gasteiger partial charge in [-0.15, -0.1) is 0 Å². The molecule has 0 saturated carbocycles. The molecule has 0 radical (unpaired) electrons. The molecular weight excluding hydrogens is 308 g/mol. The third-order valence-electron chi connectivity index (χ3n) is 4.33. The molecule has 1 spiro atoms. The average Bonchev–Trinajstić information content (AvgIpc) is 2.88. The second kappa shape index (κ2) is 5.77. The monoisotopic (exact) mass is 328 g/mol. The van der Waals surface area contributed by atoms with Gasteiger partial charge in [0, 0.05) is 25.6 Å². The van der Waals surface area contributed by atoms with E-state index in [9.17, 15) is 13.5 Å². The molecule has 22 heavy (non-hydrogen) atoms. The van der Waals surface area contributed by atoms with Crippen molar-refractivity contribution in [2.24, 2.45) is 0 Å². The molecule has 8 heteroatoms. The van der Waals surface area contributed by atoms with Crippen LogP contribution in [0.4, 0.5) is 0 Å². The Bertz CT molecular complexity index is 640. The lowest BCUT2D eigenvalue weighted by Crippen LogP contribution is -2.46. The Hall–Kier alpha value is -1.22. The first kappa shape index (κ1) is 15.7. The Balaban J connectivity index is 1.74. The zero-order valence-electron chi connectivity index (χ0n) is 12.4. The van der Waals surface area contributed by atoms with E-state index in [-0.39, 0.29) is 16.5 Å². The van der Waals surface area contributed by atoms with Crippen molar-refractivity contribution in [3.8, 4) is 5.88 Å². The van der Waals surface area contributed by atoms with Crippen LogP contribution in [0, 0.1) is 0 Å². The molecule has 0 aromatic carbocycles. The number of aromatic nitrogens is 1. The highest BCUT2D eigenvalue weighted by Crippen LogP contribution is 2.37. The lowest BCUT2D eigenvalue weighted by Gasteiger charge is -2.37. The highest BCUT2D eigenvalue weighted by molar-refractivity contribution is 7.89. The van der Waals surface area contributed by atoms with Gasteiger partial charge in [0.1, 0.15) is 0 Å². The topological polar surface area (TPSA) is 89.0 Å². The molecule has 2 aliphatic rings. The van der Waals surface area contributed by atoms with Crippen molar-refractivity contribution in [1.29, 1.82) is 0 Å². The maximum absolute atomic E-state index is 12.6. The number of hydrogen-bond acceptors (Lipinski definition) is 6. The number of rotatable bonds is 3. The van der Waals surface area contributed by atoms with Gasteiger partial charge in [-0.3, -0.25) is 0 Å². The zero-order chi connectivity index (χ0) is 15.8. The van der Waals surface area contributed by atoms with Crippen molar-refractivity contribution in [2.75, 3.05) is 26.8 Å². The minimum absolute atomic E-state index is 0.00447. The maximum atomic E-state index is 12.6. The quantitative estimate of drug-likeness (QED) is 0.864. The molecule has 7 nitrogen and oxygen atoms in total.